The molecule has 0 radical (unpaired) electrons. The van der Waals surface area contributed by atoms with E-state index in [4.69, 9.17) is 4.43 Å². The average Bonchev–Trinajstić information content (AvgIpc) is 2.64. The van der Waals surface area contributed by atoms with Gasteiger partial charge in [-0.2, -0.15) is 0 Å². The summed E-state index contributed by atoms with van der Waals surface area (Å²) >= 11 is 0. The molecule has 0 unspecified atom stereocenters. The normalized spacial score (nSPS) is 17.4. The number of hydrogen-bond acceptors (Lipinski definition) is 2. The molecule has 0 aromatic carbocycles. The van der Waals surface area contributed by atoms with Crippen LogP contribution in [0.15, 0.2) is 23.8 Å². The summed E-state index contributed by atoms with van der Waals surface area (Å²) in [6.45, 7) is 10.6. The SMILES string of the molecule is CC(C)(C)[Si](C)(C)OC(=O)/C=C/C1=CCCC1. The Labute approximate surface area is 106 Å². The van der Waals surface area contributed by atoms with E-state index in [1.54, 1.807) is 6.08 Å². The van der Waals surface area contributed by atoms with Crippen LogP contribution in [0.1, 0.15) is 40.0 Å². The van der Waals surface area contributed by atoms with Crippen molar-refractivity contribution in [3.63, 3.8) is 0 Å². The average molecular weight is 252 g/mol. The maximum Gasteiger partial charge on any atom is 0.317 e. The van der Waals surface area contributed by atoms with Gasteiger partial charge in [0.1, 0.15) is 0 Å². The monoisotopic (exact) mass is 252 g/mol. The summed E-state index contributed by atoms with van der Waals surface area (Å²) in [6.07, 6.45) is 9.11. The van der Waals surface area contributed by atoms with E-state index in [9.17, 15) is 4.79 Å². The fraction of sp³-hybridized carbons (Fsp3) is 0.643. The van der Waals surface area contributed by atoms with Gasteiger partial charge in [0, 0.05) is 6.08 Å². The molecule has 17 heavy (non-hydrogen) atoms. The minimum Gasteiger partial charge on any atom is -0.516 e. The van der Waals surface area contributed by atoms with Crippen molar-refractivity contribution in [1.82, 2.24) is 0 Å². The standard InChI is InChI=1S/C14H24O2Si/c1-14(2,3)17(4,5)16-13(15)11-10-12-8-6-7-9-12/h8,10-11H,6-7,9H2,1-5H3/b11-10+. The molecule has 0 spiro atoms. The van der Waals surface area contributed by atoms with Crippen molar-refractivity contribution in [1.29, 1.82) is 0 Å². The fourth-order valence-electron chi connectivity index (χ4n) is 1.46. The van der Waals surface area contributed by atoms with E-state index in [1.807, 2.05) is 6.08 Å². The van der Waals surface area contributed by atoms with Crippen LogP contribution in [0.5, 0.6) is 0 Å². The van der Waals surface area contributed by atoms with Crippen LogP contribution in [-0.4, -0.2) is 14.3 Å². The Morgan fingerprint density at radius 3 is 2.53 bits per heavy atom. The fourth-order valence-corrected chi connectivity index (χ4v) is 2.34. The molecule has 0 saturated heterocycles. The van der Waals surface area contributed by atoms with E-state index in [0.717, 1.165) is 12.8 Å². The lowest BCUT2D eigenvalue weighted by molar-refractivity contribution is -0.130. The summed E-state index contributed by atoms with van der Waals surface area (Å²) in [5, 5.41) is 0.0725. The van der Waals surface area contributed by atoms with Gasteiger partial charge in [0.2, 0.25) is 0 Å². The Balaban J connectivity index is 2.55. The summed E-state index contributed by atoms with van der Waals surface area (Å²) in [4.78, 5) is 11.8. The predicted molar refractivity (Wildman–Crippen MR) is 74.4 cm³/mol. The molecule has 0 amide bonds. The first-order chi connectivity index (χ1) is 7.72. The first-order valence-corrected chi connectivity index (χ1v) is 9.23. The van der Waals surface area contributed by atoms with Crippen LogP contribution in [0.4, 0.5) is 0 Å². The Morgan fingerprint density at radius 2 is 2.06 bits per heavy atom. The molecule has 0 aromatic rings. The molecule has 0 heterocycles. The van der Waals surface area contributed by atoms with Crippen molar-refractivity contribution < 1.29 is 9.22 Å². The second-order valence-corrected chi connectivity index (χ2v) is 10.9. The third-order valence-corrected chi connectivity index (χ3v) is 8.00. The lowest BCUT2D eigenvalue weighted by atomic mass is 10.2. The molecule has 1 aliphatic rings. The van der Waals surface area contributed by atoms with Crippen LogP contribution in [0.2, 0.25) is 18.1 Å². The Kier molecular flexibility index (Phi) is 4.36. The molecule has 0 fully saturated rings. The van der Waals surface area contributed by atoms with Gasteiger partial charge in [-0.05, 0) is 37.4 Å². The van der Waals surface area contributed by atoms with Crippen LogP contribution in [-0.2, 0) is 9.22 Å². The van der Waals surface area contributed by atoms with E-state index in [0.29, 0.717) is 0 Å². The smallest absolute Gasteiger partial charge is 0.317 e. The van der Waals surface area contributed by atoms with E-state index in [-0.39, 0.29) is 11.0 Å². The number of hydrogen-bond donors (Lipinski definition) is 0. The zero-order valence-corrected chi connectivity index (χ0v) is 12.7. The van der Waals surface area contributed by atoms with E-state index in [2.05, 4.69) is 39.9 Å². The quantitative estimate of drug-likeness (QED) is 0.556. The second-order valence-electron chi connectivity index (χ2n) is 6.19. The van der Waals surface area contributed by atoms with Gasteiger partial charge < -0.3 is 4.43 Å². The first-order valence-electron chi connectivity index (χ1n) is 6.32. The van der Waals surface area contributed by atoms with Crippen molar-refractivity contribution in [2.45, 2.75) is 58.2 Å². The maximum atomic E-state index is 11.8. The molecule has 3 heteroatoms. The Morgan fingerprint density at radius 1 is 1.41 bits per heavy atom. The second kappa shape index (κ2) is 5.21. The molecule has 1 rings (SSSR count). The Hall–Kier alpha value is -0.833. The summed E-state index contributed by atoms with van der Waals surface area (Å²) in [6, 6.07) is 0. The lowest BCUT2D eigenvalue weighted by Crippen LogP contribution is -2.42. The minimum atomic E-state index is -1.97. The molecule has 1 aliphatic carbocycles. The van der Waals surface area contributed by atoms with Crippen LogP contribution < -0.4 is 0 Å². The number of rotatable bonds is 3. The summed E-state index contributed by atoms with van der Waals surface area (Å²) in [7, 11) is -1.97. The maximum absolute atomic E-state index is 11.8. The van der Waals surface area contributed by atoms with Crippen LogP contribution in [0, 0.1) is 0 Å². The van der Waals surface area contributed by atoms with Gasteiger partial charge in [-0.1, -0.05) is 38.5 Å². The highest BCUT2D eigenvalue weighted by atomic mass is 28.4. The molecule has 0 aliphatic heterocycles. The summed E-state index contributed by atoms with van der Waals surface area (Å²) < 4.78 is 5.65. The van der Waals surface area contributed by atoms with Crippen molar-refractivity contribution in [2.75, 3.05) is 0 Å². The van der Waals surface area contributed by atoms with Gasteiger partial charge in [0.05, 0.1) is 0 Å². The molecular formula is C14H24O2Si. The predicted octanol–water partition coefficient (Wildman–Crippen LogP) is 4.20. The molecule has 2 nitrogen and oxygen atoms in total. The van der Waals surface area contributed by atoms with Gasteiger partial charge in [-0.3, -0.25) is 0 Å². The first kappa shape index (κ1) is 14.2. The van der Waals surface area contributed by atoms with Crippen molar-refractivity contribution >= 4 is 14.3 Å². The number of carbonyl (C=O) groups excluding carboxylic acids is 1. The molecular weight excluding hydrogens is 228 g/mol. The number of carbonyl (C=O) groups is 1. The highest BCUT2D eigenvalue weighted by Gasteiger charge is 2.39. The van der Waals surface area contributed by atoms with Gasteiger partial charge in [-0.25, -0.2) is 4.79 Å². The molecule has 0 saturated carbocycles. The van der Waals surface area contributed by atoms with Crippen molar-refractivity contribution in [2.24, 2.45) is 0 Å². The molecule has 96 valence electrons. The van der Waals surface area contributed by atoms with E-state index < -0.39 is 8.32 Å². The zero-order chi connectivity index (χ0) is 13.1. The zero-order valence-electron chi connectivity index (χ0n) is 11.7. The minimum absolute atomic E-state index is 0.0725. The molecule has 0 N–H and O–H groups in total. The number of allylic oxidation sites excluding steroid dienone is 3. The van der Waals surface area contributed by atoms with Gasteiger partial charge >= 0.3 is 5.97 Å². The summed E-state index contributed by atoms with van der Waals surface area (Å²) in [5.74, 6) is -0.190. The topological polar surface area (TPSA) is 26.3 Å². The Bertz CT molecular complexity index is 346. The van der Waals surface area contributed by atoms with E-state index >= 15 is 0 Å². The third-order valence-electron chi connectivity index (χ3n) is 3.67. The third kappa shape index (κ3) is 4.15. The van der Waals surface area contributed by atoms with Gasteiger partial charge in [0.15, 0.2) is 0 Å². The molecule has 0 bridgehead atoms. The largest absolute Gasteiger partial charge is 0.516 e. The lowest BCUT2D eigenvalue weighted by Gasteiger charge is -2.34. The van der Waals surface area contributed by atoms with Gasteiger partial charge in [0.25, 0.3) is 8.32 Å². The highest BCUT2D eigenvalue weighted by molar-refractivity contribution is 6.75. The summed E-state index contributed by atoms with van der Waals surface area (Å²) in [5.41, 5.74) is 1.26. The van der Waals surface area contributed by atoms with Crippen LogP contribution in [0.3, 0.4) is 0 Å². The molecule has 0 aromatic heterocycles. The highest BCUT2D eigenvalue weighted by Crippen LogP contribution is 2.36. The van der Waals surface area contributed by atoms with Gasteiger partial charge in [-0.15, -0.1) is 0 Å². The van der Waals surface area contributed by atoms with Crippen molar-refractivity contribution in [3.05, 3.63) is 23.8 Å². The van der Waals surface area contributed by atoms with E-state index in [1.165, 1.54) is 12.0 Å². The molecule has 0 atom stereocenters. The van der Waals surface area contributed by atoms with Crippen LogP contribution in [0.25, 0.3) is 0 Å². The van der Waals surface area contributed by atoms with Crippen molar-refractivity contribution in [3.8, 4) is 0 Å². The van der Waals surface area contributed by atoms with Crippen LogP contribution >= 0.6 is 0 Å².